The molecule has 104 valence electrons. The average Bonchev–Trinajstić information content (AvgIpc) is 2.91. The van der Waals surface area contributed by atoms with Gasteiger partial charge in [0.2, 0.25) is 5.95 Å². The number of aromatic nitrogens is 2. The average molecular weight is 267 g/mol. The van der Waals surface area contributed by atoms with Crippen molar-refractivity contribution in [2.45, 2.75) is 31.5 Å². The molecule has 7 nitrogen and oxygen atoms in total. The Morgan fingerprint density at radius 3 is 2.37 bits per heavy atom. The van der Waals surface area contributed by atoms with Gasteiger partial charge < -0.3 is 20.2 Å². The number of aliphatic carboxylic acids is 1. The summed E-state index contributed by atoms with van der Waals surface area (Å²) in [6.07, 6.45) is 1.92. The minimum Gasteiger partial charge on any atom is -0.481 e. The lowest BCUT2D eigenvalue weighted by atomic mass is 10.1. The molecule has 0 bridgehead atoms. The number of hydrogen-bond acceptors (Lipinski definition) is 6. The van der Waals surface area contributed by atoms with E-state index in [2.05, 4.69) is 9.97 Å². The molecule has 0 spiro atoms. The van der Waals surface area contributed by atoms with Crippen LogP contribution in [-0.4, -0.2) is 50.5 Å². The molecule has 0 radical (unpaired) electrons. The first kappa shape index (κ1) is 13.7. The molecule has 2 heterocycles. The number of rotatable bonds is 5. The number of hydrogen-bond donors (Lipinski definition) is 3. The molecule has 19 heavy (non-hydrogen) atoms. The molecule has 0 saturated carbocycles. The summed E-state index contributed by atoms with van der Waals surface area (Å²) in [4.78, 5) is 20.8. The normalized spacial score (nSPS) is 18.3. The third-order valence-corrected chi connectivity index (χ3v) is 3.14. The van der Waals surface area contributed by atoms with E-state index in [0.717, 1.165) is 25.9 Å². The molecule has 0 aromatic carbocycles. The lowest BCUT2D eigenvalue weighted by Crippen LogP contribution is -2.23. The first-order chi connectivity index (χ1) is 9.08. The highest BCUT2D eigenvalue weighted by Crippen LogP contribution is 2.20. The van der Waals surface area contributed by atoms with Crippen molar-refractivity contribution in [1.82, 2.24) is 9.97 Å². The predicted octanol–water partition coefficient (Wildman–Crippen LogP) is -0.0542. The molecule has 2 unspecified atom stereocenters. The van der Waals surface area contributed by atoms with E-state index in [1.807, 2.05) is 4.90 Å². The van der Waals surface area contributed by atoms with Crippen molar-refractivity contribution in [2.24, 2.45) is 0 Å². The predicted molar refractivity (Wildman–Crippen MR) is 66.7 cm³/mol. The Balaban J connectivity index is 2.02. The minimum absolute atomic E-state index is 0.316. The van der Waals surface area contributed by atoms with Crippen LogP contribution in [0.4, 0.5) is 5.95 Å². The molecular formula is C12H17N3O4. The van der Waals surface area contributed by atoms with Crippen LogP contribution < -0.4 is 4.90 Å². The van der Waals surface area contributed by atoms with E-state index in [1.54, 1.807) is 0 Å². The maximum absolute atomic E-state index is 10.5. The molecule has 3 N–H and O–H groups in total. The molecule has 1 aromatic heterocycles. The van der Waals surface area contributed by atoms with Crippen LogP contribution in [0, 0.1) is 0 Å². The van der Waals surface area contributed by atoms with E-state index in [9.17, 15) is 15.0 Å². The van der Waals surface area contributed by atoms with E-state index in [4.69, 9.17) is 5.11 Å². The summed E-state index contributed by atoms with van der Waals surface area (Å²) in [7, 11) is 0. The van der Waals surface area contributed by atoms with Crippen LogP contribution in [0.5, 0.6) is 0 Å². The topological polar surface area (TPSA) is 107 Å². The Morgan fingerprint density at radius 2 is 1.84 bits per heavy atom. The summed E-state index contributed by atoms with van der Waals surface area (Å²) in [5, 5.41) is 27.9. The summed E-state index contributed by atoms with van der Waals surface area (Å²) >= 11 is 0. The highest BCUT2D eigenvalue weighted by atomic mass is 16.4. The van der Waals surface area contributed by atoms with Crippen molar-refractivity contribution in [2.75, 3.05) is 18.0 Å². The van der Waals surface area contributed by atoms with Gasteiger partial charge in [0, 0.05) is 31.0 Å². The molecule has 1 aliphatic rings. The summed E-state index contributed by atoms with van der Waals surface area (Å²) in [6.45, 7) is 1.84. The second-order valence-corrected chi connectivity index (χ2v) is 4.62. The first-order valence-corrected chi connectivity index (χ1v) is 6.22. The number of anilines is 1. The summed E-state index contributed by atoms with van der Waals surface area (Å²) in [5.74, 6) is -0.567. The van der Waals surface area contributed by atoms with Crippen molar-refractivity contribution in [1.29, 1.82) is 0 Å². The maximum atomic E-state index is 10.5. The number of aliphatic hydroxyl groups excluding tert-OH is 2. The molecule has 1 aromatic rings. The monoisotopic (exact) mass is 267 g/mol. The fraction of sp³-hybridized carbons (Fsp3) is 0.583. The van der Waals surface area contributed by atoms with Crippen LogP contribution in [0.1, 0.15) is 30.9 Å². The van der Waals surface area contributed by atoms with E-state index in [-0.39, 0.29) is 0 Å². The second-order valence-electron chi connectivity index (χ2n) is 4.62. The van der Waals surface area contributed by atoms with Crippen molar-refractivity contribution >= 4 is 11.9 Å². The van der Waals surface area contributed by atoms with Gasteiger partial charge in [0.25, 0.3) is 0 Å². The Morgan fingerprint density at radius 1 is 1.26 bits per heavy atom. The SMILES string of the molecule is O=C(O)CC(O)C(O)c1cnc(N2CCCC2)nc1. The molecule has 1 fully saturated rings. The molecule has 0 amide bonds. The van der Waals surface area contributed by atoms with Crippen LogP contribution in [0.2, 0.25) is 0 Å². The fourth-order valence-electron chi connectivity index (χ4n) is 2.08. The molecule has 0 aliphatic carbocycles. The second kappa shape index (κ2) is 5.94. The summed E-state index contributed by atoms with van der Waals surface area (Å²) in [5.41, 5.74) is 0.316. The minimum atomic E-state index is -1.36. The van der Waals surface area contributed by atoms with E-state index in [1.165, 1.54) is 12.4 Å². The van der Waals surface area contributed by atoms with Gasteiger partial charge in [-0.2, -0.15) is 0 Å². The fourth-order valence-corrected chi connectivity index (χ4v) is 2.08. The Hall–Kier alpha value is -1.73. The van der Waals surface area contributed by atoms with Crippen LogP contribution in [0.25, 0.3) is 0 Å². The van der Waals surface area contributed by atoms with Gasteiger partial charge >= 0.3 is 5.97 Å². The molecular weight excluding hydrogens is 250 g/mol. The smallest absolute Gasteiger partial charge is 0.306 e. The molecule has 1 saturated heterocycles. The van der Waals surface area contributed by atoms with Crippen LogP contribution in [-0.2, 0) is 4.79 Å². The summed E-state index contributed by atoms with van der Waals surface area (Å²) in [6, 6.07) is 0. The lowest BCUT2D eigenvalue weighted by molar-refractivity contribution is -0.141. The standard InChI is InChI=1S/C12H17N3O4/c16-9(5-10(17)18)11(19)8-6-13-12(14-7-8)15-3-1-2-4-15/h6-7,9,11,16,19H,1-5H2,(H,17,18). The largest absolute Gasteiger partial charge is 0.481 e. The quantitative estimate of drug-likeness (QED) is 0.686. The van der Waals surface area contributed by atoms with Gasteiger partial charge in [0.1, 0.15) is 6.10 Å². The molecule has 7 heteroatoms. The molecule has 1 aliphatic heterocycles. The number of carboxylic acid groups (broad SMARTS) is 1. The van der Waals surface area contributed by atoms with Crippen LogP contribution >= 0.6 is 0 Å². The van der Waals surface area contributed by atoms with Crippen molar-refractivity contribution in [3.63, 3.8) is 0 Å². The van der Waals surface area contributed by atoms with Crippen LogP contribution in [0.15, 0.2) is 12.4 Å². The number of carboxylic acids is 1. The molecule has 2 atom stereocenters. The van der Waals surface area contributed by atoms with Crippen molar-refractivity contribution < 1.29 is 20.1 Å². The highest BCUT2D eigenvalue weighted by Gasteiger charge is 2.22. The van der Waals surface area contributed by atoms with Gasteiger partial charge in [-0.3, -0.25) is 4.79 Å². The Bertz CT molecular complexity index is 431. The van der Waals surface area contributed by atoms with Crippen LogP contribution in [0.3, 0.4) is 0 Å². The first-order valence-electron chi connectivity index (χ1n) is 6.22. The lowest BCUT2D eigenvalue weighted by Gasteiger charge is -2.18. The van der Waals surface area contributed by atoms with Gasteiger partial charge in [-0.05, 0) is 12.8 Å². The third-order valence-electron chi connectivity index (χ3n) is 3.14. The van der Waals surface area contributed by atoms with Crippen molar-refractivity contribution in [3.8, 4) is 0 Å². The van der Waals surface area contributed by atoms with Gasteiger partial charge in [-0.15, -0.1) is 0 Å². The zero-order chi connectivity index (χ0) is 13.8. The van der Waals surface area contributed by atoms with E-state index in [0.29, 0.717) is 11.5 Å². The zero-order valence-electron chi connectivity index (χ0n) is 10.4. The number of nitrogens with zero attached hydrogens (tertiary/aromatic N) is 3. The molecule has 2 rings (SSSR count). The number of aliphatic hydroxyl groups is 2. The van der Waals surface area contributed by atoms with Crippen molar-refractivity contribution in [3.05, 3.63) is 18.0 Å². The van der Waals surface area contributed by atoms with Gasteiger partial charge in [0.05, 0.1) is 12.5 Å². The maximum Gasteiger partial charge on any atom is 0.306 e. The highest BCUT2D eigenvalue weighted by molar-refractivity contribution is 5.67. The Kier molecular flexibility index (Phi) is 4.28. The van der Waals surface area contributed by atoms with Gasteiger partial charge in [-0.25, -0.2) is 9.97 Å². The van der Waals surface area contributed by atoms with E-state index < -0.39 is 24.6 Å². The third kappa shape index (κ3) is 3.39. The van der Waals surface area contributed by atoms with E-state index >= 15 is 0 Å². The van der Waals surface area contributed by atoms with Gasteiger partial charge in [0.15, 0.2) is 0 Å². The number of carbonyl (C=O) groups is 1. The van der Waals surface area contributed by atoms with Gasteiger partial charge in [-0.1, -0.05) is 0 Å². The summed E-state index contributed by atoms with van der Waals surface area (Å²) < 4.78 is 0. The zero-order valence-corrected chi connectivity index (χ0v) is 10.4. The Labute approximate surface area is 110 Å².